The van der Waals surface area contributed by atoms with Crippen LogP contribution in [-0.2, 0) is 6.54 Å². The van der Waals surface area contributed by atoms with E-state index in [4.69, 9.17) is 11.6 Å². The maximum absolute atomic E-state index is 12.1. The van der Waals surface area contributed by atoms with Crippen LogP contribution in [0.3, 0.4) is 0 Å². The summed E-state index contributed by atoms with van der Waals surface area (Å²) in [6.45, 7) is 4.47. The lowest BCUT2D eigenvalue weighted by Crippen LogP contribution is -2.28. The fraction of sp³-hybridized carbons (Fsp3) is 0.692. The summed E-state index contributed by atoms with van der Waals surface area (Å²) in [5.74, 6) is 0. The summed E-state index contributed by atoms with van der Waals surface area (Å²) >= 11 is 6.15. The van der Waals surface area contributed by atoms with Crippen molar-refractivity contribution >= 4 is 17.3 Å². The fourth-order valence-electron chi connectivity index (χ4n) is 1.80. The molecular weight excluding hydrogens is 264 g/mol. The zero-order valence-corrected chi connectivity index (χ0v) is 12.7. The highest BCUT2D eigenvalue weighted by Crippen LogP contribution is 2.19. The number of hydrogen-bond donors (Lipinski definition) is 1. The van der Waals surface area contributed by atoms with Crippen molar-refractivity contribution in [1.29, 1.82) is 0 Å². The normalized spacial score (nSPS) is 10.7. The Morgan fingerprint density at radius 1 is 1.47 bits per heavy atom. The van der Waals surface area contributed by atoms with E-state index in [-0.39, 0.29) is 10.6 Å². The molecule has 0 amide bonds. The first-order valence-electron chi connectivity index (χ1n) is 6.73. The second-order valence-electron chi connectivity index (χ2n) is 4.60. The van der Waals surface area contributed by atoms with Crippen LogP contribution in [0.4, 0.5) is 5.69 Å². The third kappa shape index (κ3) is 4.51. The van der Waals surface area contributed by atoms with Crippen LogP contribution in [0.15, 0.2) is 11.0 Å². The second kappa shape index (κ2) is 8.17. The van der Waals surface area contributed by atoms with Crippen LogP contribution >= 0.6 is 11.6 Å². The molecule has 0 aromatic carbocycles. The molecule has 0 bridgehead atoms. The largest absolute Gasteiger partial charge is 0.372 e. The lowest BCUT2D eigenvalue weighted by Gasteiger charge is -2.20. The highest BCUT2D eigenvalue weighted by Gasteiger charge is 2.12. The molecule has 0 saturated heterocycles. The van der Waals surface area contributed by atoms with Crippen molar-refractivity contribution < 1.29 is 0 Å². The molecule has 0 radical (unpaired) electrons. The van der Waals surface area contributed by atoms with Gasteiger partial charge in [-0.1, -0.05) is 24.9 Å². The number of rotatable bonds is 8. The van der Waals surface area contributed by atoms with Crippen LogP contribution in [0.2, 0.25) is 5.02 Å². The third-order valence-corrected chi connectivity index (χ3v) is 3.38. The first kappa shape index (κ1) is 16.0. The van der Waals surface area contributed by atoms with Gasteiger partial charge in [0.05, 0.1) is 11.9 Å². The summed E-state index contributed by atoms with van der Waals surface area (Å²) in [5, 5.41) is 7.54. The highest BCUT2D eigenvalue weighted by atomic mass is 35.5. The molecule has 0 aliphatic carbocycles. The number of halogens is 1. The van der Waals surface area contributed by atoms with Gasteiger partial charge in [-0.3, -0.25) is 4.79 Å². The number of hydrogen-bond acceptors (Lipinski definition) is 4. The van der Waals surface area contributed by atoms with Crippen molar-refractivity contribution in [3.63, 3.8) is 0 Å². The zero-order valence-electron chi connectivity index (χ0n) is 11.9. The van der Waals surface area contributed by atoms with Gasteiger partial charge in [-0.2, -0.15) is 5.10 Å². The van der Waals surface area contributed by atoms with Gasteiger partial charge in [-0.15, -0.1) is 0 Å². The molecule has 0 atom stereocenters. The topological polar surface area (TPSA) is 50.2 Å². The van der Waals surface area contributed by atoms with Gasteiger partial charge in [0, 0.05) is 20.1 Å². The number of aromatic nitrogens is 2. The van der Waals surface area contributed by atoms with E-state index in [9.17, 15) is 4.79 Å². The Morgan fingerprint density at radius 3 is 2.84 bits per heavy atom. The van der Waals surface area contributed by atoms with Crippen LogP contribution < -0.4 is 15.8 Å². The molecule has 0 saturated carbocycles. The maximum atomic E-state index is 12.1. The Morgan fingerprint density at radius 2 is 2.21 bits per heavy atom. The average molecular weight is 287 g/mol. The van der Waals surface area contributed by atoms with Crippen LogP contribution in [0.25, 0.3) is 0 Å². The monoisotopic (exact) mass is 286 g/mol. The number of nitrogens with one attached hydrogen (secondary N) is 1. The molecule has 1 heterocycles. The summed E-state index contributed by atoms with van der Waals surface area (Å²) in [4.78, 5) is 14.0. The Hall–Kier alpha value is -1.07. The van der Waals surface area contributed by atoms with Gasteiger partial charge in [0.2, 0.25) is 0 Å². The van der Waals surface area contributed by atoms with Crippen molar-refractivity contribution in [2.45, 2.75) is 32.7 Å². The molecule has 0 aliphatic rings. The minimum absolute atomic E-state index is 0.201. The Bertz CT molecular complexity index is 447. The summed E-state index contributed by atoms with van der Waals surface area (Å²) in [6, 6.07) is 0. The van der Waals surface area contributed by atoms with E-state index >= 15 is 0 Å². The first-order chi connectivity index (χ1) is 9.11. The van der Waals surface area contributed by atoms with Crippen LogP contribution in [0.5, 0.6) is 0 Å². The van der Waals surface area contributed by atoms with Crippen molar-refractivity contribution in [2.75, 3.05) is 32.1 Å². The molecule has 1 aromatic heterocycles. The number of unbranched alkanes of at least 4 members (excludes halogenated alkanes) is 1. The van der Waals surface area contributed by atoms with Gasteiger partial charge in [0.15, 0.2) is 0 Å². The summed E-state index contributed by atoms with van der Waals surface area (Å²) in [7, 11) is 3.85. The van der Waals surface area contributed by atoms with Crippen molar-refractivity contribution in [1.82, 2.24) is 15.1 Å². The molecule has 0 spiro atoms. The zero-order chi connectivity index (χ0) is 14.3. The number of anilines is 1. The molecule has 1 rings (SSSR count). The van der Waals surface area contributed by atoms with Crippen LogP contribution in [0.1, 0.15) is 26.2 Å². The predicted molar refractivity (Wildman–Crippen MR) is 80.2 cm³/mol. The Balaban J connectivity index is 2.80. The molecule has 108 valence electrons. The molecule has 6 heteroatoms. The van der Waals surface area contributed by atoms with E-state index in [2.05, 4.69) is 17.3 Å². The average Bonchev–Trinajstić information content (AvgIpc) is 2.40. The molecular formula is C13H23ClN4O. The smallest absolute Gasteiger partial charge is 0.287 e. The summed E-state index contributed by atoms with van der Waals surface area (Å²) < 4.78 is 1.44. The molecule has 0 aliphatic heterocycles. The van der Waals surface area contributed by atoms with Gasteiger partial charge in [0.1, 0.15) is 5.02 Å². The molecule has 19 heavy (non-hydrogen) atoms. The Labute approximate surface area is 119 Å². The maximum Gasteiger partial charge on any atom is 0.287 e. The molecule has 1 aromatic rings. The van der Waals surface area contributed by atoms with Crippen LogP contribution in [-0.4, -0.2) is 37.0 Å². The molecule has 0 unspecified atom stereocenters. The van der Waals surface area contributed by atoms with E-state index < -0.39 is 0 Å². The quantitative estimate of drug-likeness (QED) is 0.740. The highest BCUT2D eigenvalue weighted by molar-refractivity contribution is 6.33. The van der Waals surface area contributed by atoms with Gasteiger partial charge in [-0.25, -0.2) is 4.68 Å². The predicted octanol–water partition coefficient (Wildman–Crippen LogP) is 1.74. The fourth-order valence-corrected chi connectivity index (χ4v) is 2.09. The van der Waals surface area contributed by atoms with Gasteiger partial charge >= 0.3 is 0 Å². The molecule has 1 N–H and O–H groups in total. The van der Waals surface area contributed by atoms with Crippen molar-refractivity contribution in [3.05, 3.63) is 21.6 Å². The molecule has 0 fully saturated rings. The standard InChI is InChI=1S/C13H23ClN4O/c1-4-5-9-18-13(19)12(14)11(10-16-18)17(3)8-6-7-15-2/h10,15H,4-9H2,1-3H3. The van der Waals surface area contributed by atoms with E-state index in [0.29, 0.717) is 12.2 Å². The summed E-state index contributed by atoms with van der Waals surface area (Å²) in [5.41, 5.74) is 0.503. The van der Waals surface area contributed by atoms with E-state index in [0.717, 1.165) is 32.4 Å². The lowest BCUT2D eigenvalue weighted by atomic mass is 10.3. The Kier molecular flexibility index (Phi) is 6.87. The van der Waals surface area contributed by atoms with E-state index in [1.807, 2.05) is 19.0 Å². The second-order valence-corrected chi connectivity index (χ2v) is 4.98. The summed E-state index contributed by atoms with van der Waals surface area (Å²) in [6.07, 6.45) is 4.62. The minimum Gasteiger partial charge on any atom is -0.372 e. The minimum atomic E-state index is -0.201. The third-order valence-electron chi connectivity index (χ3n) is 3.02. The van der Waals surface area contributed by atoms with E-state index in [1.165, 1.54) is 4.68 Å². The molecule has 5 nitrogen and oxygen atoms in total. The number of nitrogens with zero attached hydrogens (tertiary/aromatic N) is 3. The SMILES string of the molecule is CCCCn1ncc(N(C)CCCNC)c(Cl)c1=O. The van der Waals surface area contributed by atoms with Crippen molar-refractivity contribution in [3.8, 4) is 0 Å². The van der Waals surface area contributed by atoms with Gasteiger partial charge < -0.3 is 10.2 Å². The first-order valence-corrected chi connectivity index (χ1v) is 7.11. The number of aryl methyl sites for hydroxylation is 1. The van der Waals surface area contributed by atoms with E-state index in [1.54, 1.807) is 6.20 Å². The lowest BCUT2D eigenvalue weighted by molar-refractivity contribution is 0.542. The van der Waals surface area contributed by atoms with Crippen molar-refractivity contribution in [2.24, 2.45) is 0 Å². The van der Waals surface area contributed by atoms with Gasteiger partial charge in [0.25, 0.3) is 5.56 Å². The van der Waals surface area contributed by atoms with Gasteiger partial charge in [-0.05, 0) is 26.4 Å². The van der Waals surface area contributed by atoms with Crippen LogP contribution in [0, 0.1) is 0 Å².